The van der Waals surface area contributed by atoms with Crippen molar-refractivity contribution in [3.63, 3.8) is 0 Å². The molecule has 0 aromatic heterocycles. The first-order chi connectivity index (χ1) is 8.87. The molecule has 0 spiro atoms. The second-order valence-electron chi connectivity index (χ2n) is 5.40. The average molecular weight is 287 g/mol. The van der Waals surface area contributed by atoms with Crippen molar-refractivity contribution in [1.29, 1.82) is 0 Å². The SMILES string of the molecule is C#CCN(C)S(=O)(=O)N1CCCC(CNC(C)C)C1. The van der Waals surface area contributed by atoms with Crippen molar-refractivity contribution in [2.75, 3.05) is 33.2 Å². The van der Waals surface area contributed by atoms with Gasteiger partial charge in [-0.15, -0.1) is 6.42 Å². The highest BCUT2D eigenvalue weighted by molar-refractivity contribution is 7.86. The lowest BCUT2D eigenvalue weighted by Gasteiger charge is -2.34. The van der Waals surface area contributed by atoms with E-state index in [1.54, 1.807) is 4.31 Å². The van der Waals surface area contributed by atoms with Crippen molar-refractivity contribution in [3.8, 4) is 12.3 Å². The molecule has 1 atom stereocenters. The van der Waals surface area contributed by atoms with E-state index in [0.717, 1.165) is 19.4 Å². The molecule has 0 amide bonds. The molecule has 1 N–H and O–H groups in total. The van der Waals surface area contributed by atoms with Crippen molar-refractivity contribution < 1.29 is 8.42 Å². The van der Waals surface area contributed by atoms with Crippen molar-refractivity contribution >= 4 is 10.2 Å². The molecule has 1 unspecified atom stereocenters. The van der Waals surface area contributed by atoms with Crippen LogP contribution in [-0.2, 0) is 10.2 Å². The van der Waals surface area contributed by atoms with Gasteiger partial charge in [0.05, 0.1) is 6.54 Å². The number of nitrogens with one attached hydrogen (secondary N) is 1. The van der Waals surface area contributed by atoms with Gasteiger partial charge < -0.3 is 5.32 Å². The summed E-state index contributed by atoms with van der Waals surface area (Å²) in [6.07, 6.45) is 7.16. The molecule has 0 saturated carbocycles. The maximum absolute atomic E-state index is 12.3. The fourth-order valence-corrected chi connectivity index (χ4v) is 3.60. The van der Waals surface area contributed by atoms with Gasteiger partial charge in [-0.1, -0.05) is 19.8 Å². The average Bonchev–Trinajstić information content (AvgIpc) is 2.37. The van der Waals surface area contributed by atoms with Crippen LogP contribution in [-0.4, -0.2) is 56.3 Å². The van der Waals surface area contributed by atoms with Crippen LogP contribution >= 0.6 is 0 Å². The van der Waals surface area contributed by atoms with Gasteiger partial charge >= 0.3 is 0 Å². The highest BCUT2D eigenvalue weighted by atomic mass is 32.2. The standard InChI is InChI=1S/C13H25N3O2S/c1-5-8-15(4)19(17,18)16-9-6-7-13(11-16)10-14-12(2)3/h1,12-14H,6-11H2,2-4H3. The van der Waals surface area contributed by atoms with E-state index in [4.69, 9.17) is 6.42 Å². The molecule has 6 heteroatoms. The Morgan fingerprint density at radius 1 is 1.53 bits per heavy atom. The molecule has 0 aromatic carbocycles. The van der Waals surface area contributed by atoms with Crippen LogP contribution in [0.3, 0.4) is 0 Å². The lowest BCUT2D eigenvalue weighted by atomic mass is 9.99. The molecule has 0 aliphatic carbocycles. The van der Waals surface area contributed by atoms with E-state index in [1.165, 1.54) is 11.4 Å². The number of terminal acetylenes is 1. The summed E-state index contributed by atoms with van der Waals surface area (Å²) in [6.45, 7) is 6.35. The predicted octanol–water partition coefficient (Wildman–Crippen LogP) is 0.506. The van der Waals surface area contributed by atoms with E-state index in [1.807, 2.05) is 0 Å². The van der Waals surface area contributed by atoms with Gasteiger partial charge in [0.25, 0.3) is 10.2 Å². The van der Waals surface area contributed by atoms with Crippen LogP contribution in [0.25, 0.3) is 0 Å². The lowest BCUT2D eigenvalue weighted by Crippen LogP contribution is -2.48. The van der Waals surface area contributed by atoms with Crippen LogP contribution in [0.1, 0.15) is 26.7 Å². The molecular weight excluding hydrogens is 262 g/mol. The summed E-state index contributed by atoms with van der Waals surface area (Å²) >= 11 is 0. The Kier molecular flexibility index (Phi) is 6.27. The summed E-state index contributed by atoms with van der Waals surface area (Å²) in [7, 11) is -1.87. The number of hydrogen-bond acceptors (Lipinski definition) is 3. The van der Waals surface area contributed by atoms with Gasteiger partial charge in [0.2, 0.25) is 0 Å². The second-order valence-corrected chi connectivity index (χ2v) is 7.43. The topological polar surface area (TPSA) is 52.7 Å². The summed E-state index contributed by atoms with van der Waals surface area (Å²) < 4.78 is 27.4. The number of rotatable bonds is 6. The quantitative estimate of drug-likeness (QED) is 0.724. The van der Waals surface area contributed by atoms with Gasteiger partial charge in [0.15, 0.2) is 0 Å². The van der Waals surface area contributed by atoms with Gasteiger partial charge in [0, 0.05) is 26.2 Å². The van der Waals surface area contributed by atoms with Gasteiger partial charge in [0.1, 0.15) is 0 Å². The van der Waals surface area contributed by atoms with E-state index in [0.29, 0.717) is 25.0 Å². The highest BCUT2D eigenvalue weighted by Crippen LogP contribution is 2.20. The first kappa shape index (κ1) is 16.4. The van der Waals surface area contributed by atoms with E-state index in [2.05, 4.69) is 25.1 Å². The maximum Gasteiger partial charge on any atom is 0.282 e. The second kappa shape index (κ2) is 7.25. The largest absolute Gasteiger partial charge is 0.314 e. The first-order valence-electron chi connectivity index (χ1n) is 6.76. The molecule has 1 rings (SSSR count). The fraction of sp³-hybridized carbons (Fsp3) is 0.846. The lowest BCUT2D eigenvalue weighted by molar-refractivity contribution is 0.245. The Balaban J connectivity index is 2.61. The van der Waals surface area contributed by atoms with E-state index in [-0.39, 0.29) is 6.54 Å². The molecule has 0 bridgehead atoms. The summed E-state index contributed by atoms with van der Waals surface area (Å²) in [5.74, 6) is 2.75. The van der Waals surface area contributed by atoms with Gasteiger partial charge in [-0.25, -0.2) is 0 Å². The Hall–Kier alpha value is -0.610. The molecule has 1 aliphatic heterocycles. The molecule has 0 radical (unpaired) electrons. The Morgan fingerprint density at radius 2 is 2.21 bits per heavy atom. The van der Waals surface area contributed by atoms with Crippen LogP contribution in [0.4, 0.5) is 0 Å². The molecule has 110 valence electrons. The minimum absolute atomic E-state index is 0.119. The van der Waals surface area contributed by atoms with Crippen LogP contribution in [0.15, 0.2) is 0 Å². The predicted molar refractivity (Wildman–Crippen MR) is 77.8 cm³/mol. The van der Waals surface area contributed by atoms with Crippen LogP contribution in [0.2, 0.25) is 0 Å². The Labute approximate surface area is 117 Å². The monoisotopic (exact) mass is 287 g/mol. The van der Waals surface area contributed by atoms with Crippen LogP contribution in [0, 0.1) is 18.3 Å². The third-order valence-corrected chi connectivity index (χ3v) is 5.23. The summed E-state index contributed by atoms with van der Waals surface area (Å²) in [5, 5.41) is 3.37. The third-order valence-electron chi connectivity index (χ3n) is 3.33. The highest BCUT2D eigenvalue weighted by Gasteiger charge is 2.31. The minimum Gasteiger partial charge on any atom is -0.314 e. The molecular formula is C13H25N3O2S. The molecule has 5 nitrogen and oxygen atoms in total. The zero-order valence-electron chi connectivity index (χ0n) is 12.1. The summed E-state index contributed by atoms with van der Waals surface area (Å²) in [4.78, 5) is 0. The van der Waals surface area contributed by atoms with Crippen molar-refractivity contribution in [1.82, 2.24) is 13.9 Å². The van der Waals surface area contributed by atoms with E-state index < -0.39 is 10.2 Å². The summed E-state index contributed by atoms with van der Waals surface area (Å²) in [5.41, 5.74) is 0. The maximum atomic E-state index is 12.3. The third kappa shape index (κ3) is 4.77. The van der Waals surface area contributed by atoms with E-state index >= 15 is 0 Å². The van der Waals surface area contributed by atoms with Gasteiger partial charge in [-0.05, 0) is 25.3 Å². The zero-order valence-corrected chi connectivity index (χ0v) is 12.9. The van der Waals surface area contributed by atoms with E-state index in [9.17, 15) is 8.42 Å². The number of hydrogen-bond donors (Lipinski definition) is 1. The van der Waals surface area contributed by atoms with Crippen molar-refractivity contribution in [2.24, 2.45) is 5.92 Å². The van der Waals surface area contributed by atoms with Crippen LogP contribution < -0.4 is 5.32 Å². The Morgan fingerprint density at radius 3 is 2.79 bits per heavy atom. The molecule has 1 fully saturated rings. The first-order valence-corrected chi connectivity index (χ1v) is 8.16. The number of piperidine rings is 1. The normalized spacial score (nSPS) is 21.8. The van der Waals surface area contributed by atoms with Gasteiger partial charge in [-0.3, -0.25) is 0 Å². The van der Waals surface area contributed by atoms with Crippen molar-refractivity contribution in [2.45, 2.75) is 32.7 Å². The molecule has 0 aromatic rings. The van der Waals surface area contributed by atoms with Crippen LogP contribution in [0.5, 0.6) is 0 Å². The number of nitrogens with zero attached hydrogens (tertiary/aromatic N) is 2. The zero-order chi connectivity index (χ0) is 14.5. The smallest absolute Gasteiger partial charge is 0.282 e. The molecule has 1 aliphatic rings. The molecule has 19 heavy (non-hydrogen) atoms. The minimum atomic E-state index is -3.40. The Bertz CT molecular complexity index is 414. The molecule has 1 saturated heterocycles. The summed E-state index contributed by atoms with van der Waals surface area (Å²) in [6, 6.07) is 0.427. The van der Waals surface area contributed by atoms with Crippen molar-refractivity contribution in [3.05, 3.63) is 0 Å². The van der Waals surface area contributed by atoms with Gasteiger partial charge in [-0.2, -0.15) is 17.0 Å². The molecule has 1 heterocycles. The fourth-order valence-electron chi connectivity index (χ4n) is 2.21.